The highest BCUT2D eigenvalue weighted by Gasteiger charge is 2.28. The van der Waals surface area contributed by atoms with Gasteiger partial charge in [-0.2, -0.15) is 0 Å². The number of nitrogens with one attached hydrogen (secondary N) is 1. The van der Waals surface area contributed by atoms with Crippen LogP contribution in [0.1, 0.15) is 49.2 Å². The van der Waals surface area contributed by atoms with E-state index in [0.717, 1.165) is 45.2 Å². The average molecular weight is 548 g/mol. The van der Waals surface area contributed by atoms with Gasteiger partial charge in [0.05, 0.1) is 33.9 Å². The van der Waals surface area contributed by atoms with Crippen molar-refractivity contribution in [2.45, 2.75) is 38.6 Å². The maximum absolute atomic E-state index is 12.2. The highest BCUT2D eigenvalue weighted by Crippen LogP contribution is 2.41. The number of hydrogen-bond acceptors (Lipinski definition) is 7. The monoisotopic (exact) mass is 547 g/mol. The summed E-state index contributed by atoms with van der Waals surface area (Å²) in [7, 11) is 0. The van der Waals surface area contributed by atoms with Crippen LogP contribution in [0.4, 0.5) is 10.7 Å². The normalized spacial score (nSPS) is 14.8. The average Bonchev–Trinajstić information content (AvgIpc) is 3.40. The number of thiazole rings is 1. The summed E-state index contributed by atoms with van der Waals surface area (Å²) < 4.78 is 5.18. The van der Waals surface area contributed by atoms with Gasteiger partial charge in [0.2, 0.25) is 5.95 Å². The maximum Gasteiger partial charge on any atom is 0.409 e. The number of carbonyl (C=O) groups excluding carboxylic acids is 1. The number of hydrogen-bond donors (Lipinski definition) is 1. The molecule has 1 amide bonds. The molecule has 1 atom stereocenters. The molecule has 4 aromatic rings. The van der Waals surface area contributed by atoms with E-state index in [1.165, 1.54) is 0 Å². The molecule has 7 nitrogen and oxygen atoms in total. The Bertz CT molecular complexity index is 1390. The van der Waals surface area contributed by atoms with Crippen LogP contribution < -0.4 is 5.32 Å². The summed E-state index contributed by atoms with van der Waals surface area (Å²) in [4.78, 5) is 29.4. The molecule has 5 rings (SSSR count). The molecule has 0 bridgehead atoms. The first-order valence-corrected chi connectivity index (χ1v) is 14.0. The molecular formula is C29H30ClN5O2S. The van der Waals surface area contributed by atoms with E-state index in [4.69, 9.17) is 26.3 Å². The Morgan fingerprint density at radius 1 is 1.13 bits per heavy atom. The van der Waals surface area contributed by atoms with Crippen molar-refractivity contribution in [1.29, 1.82) is 0 Å². The van der Waals surface area contributed by atoms with Crippen molar-refractivity contribution in [2.24, 2.45) is 0 Å². The van der Waals surface area contributed by atoms with Gasteiger partial charge in [0.1, 0.15) is 0 Å². The fourth-order valence-corrected chi connectivity index (χ4v) is 6.03. The largest absolute Gasteiger partial charge is 0.450 e. The molecule has 3 heterocycles. The minimum Gasteiger partial charge on any atom is -0.450 e. The van der Waals surface area contributed by atoms with Gasteiger partial charge in [0, 0.05) is 35.8 Å². The molecule has 1 aliphatic heterocycles. The number of rotatable bonds is 7. The summed E-state index contributed by atoms with van der Waals surface area (Å²) in [6, 6.07) is 20.0. The van der Waals surface area contributed by atoms with Crippen molar-refractivity contribution in [3.63, 3.8) is 0 Å². The standard InChI is InChI=1S/C29H30ClN5O2S/c1-3-37-29(36)35-16-13-21(14-17-35)27-34-25(22-10-7-11-23(30)18-22)26(38-27)24-12-15-31-28(33-24)32-19(2)20-8-5-4-6-9-20/h4-12,15,18-19,21H,3,13-14,16-17H2,1-2H3,(H,31,32,33)/t19-/m0/s1. The van der Waals surface area contributed by atoms with Crippen LogP contribution >= 0.6 is 22.9 Å². The lowest BCUT2D eigenvalue weighted by Crippen LogP contribution is -2.38. The molecule has 1 fully saturated rings. The van der Waals surface area contributed by atoms with Crippen LogP contribution in [0.2, 0.25) is 5.02 Å². The molecule has 1 N–H and O–H groups in total. The molecule has 2 aromatic heterocycles. The van der Waals surface area contributed by atoms with Crippen LogP contribution in [0.15, 0.2) is 66.9 Å². The Hall–Kier alpha value is -3.49. The SMILES string of the molecule is CCOC(=O)N1CCC(c2nc(-c3cccc(Cl)c3)c(-c3ccnc(N[C@@H](C)c4ccccc4)n3)s2)CC1. The molecule has 196 valence electrons. The van der Waals surface area contributed by atoms with Crippen molar-refractivity contribution >= 4 is 35.0 Å². The van der Waals surface area contributed by atoms with Gasteiger partial charge in [0.15, 0.2) is 0 Å². The number of anilines is 1. The van der Waals surface area contributed by atoms with E-state index in [1.54, 1.807) is 22.4 Å². The van der Waals surface area contributed by atoms with Gasteiger partial charge in [-0.05, 0) is 50.5 Å². The summed E-state index contributed by atoms with van der Waals surface area (Å²) in [6.07, 6.45) is 3.22. The van der Waals surface area contributed by atoms with Gasteiger partial charge in [-0.25, -0.2) is 19.7 Å². The summed E-state index contributed by atoms with van der Waals surface area (Å²) in [6.45, 7) is 5.62. The molecule has 0 spiro atoms. The number of piperidine rings is 1. The molecule has 38 heavy (non-hydrogen) atoms. The molecular weight excluding hydrogens is 518 g/mol. The van der Waals surface area contributed by atoms with Crippen molar-refractivity contribution < 1.29 is 9.53 Å². The third-order valence-corrected chi connectivity index (χ3v) is 8.12. The molecule has 2 aromatic carbocycles. The second-order valence-electron chi connectivity index (χ2n) is 9.24. The number of ether oxygens (including phenoxy) is 1. The number of aromatic nitrogens is 3. The lowest BCUT2D eigenvalue weighted by molar-refractivity contribution is 0.0970. The zero-order valence-electron chi connectivity index (χ0n) is 21.4. The van der Waals surface area contributed by atoms with Gasteiger partial charge >= 0.3 is 6.09 Å². The number of carbonyl (C=O) groups is 1. The molecule has 0 aliphatic carbocycles. The van der Waals surface area contributed by atoms with E-state index in [2.05, 4.69) is 29.4 Å². The fraction of sp³-hybridized carbons (Fsp3) is 0.310. The Balaban J connectivity index is 1.44. The topological polar surface area (TPSA) is 80.2 Å². The van der Waals surface area contributed by atoms with Gasteiger partial charge in [0.25, 0.3) is 0 Å². The second-order valence-corrected chi connectivity index (χ2v) is 10.7. The zero-order valence-corrected chi connectivity index (χ0v) is 23.0. The third kappa shape index (κ3) is 5.97. The summed E-state index contributed by atoms with van der Waals surface area (Å²) in [5, 5.41) is 5.13. The van der Waals surface area contributed by atoms with Crippen LogP contribution in [-0.4, -0.2) is 45.6 Å². The fourth-order valence-electron chi connectivity index (χ4n) is 4.61. The quantitative estimate of drug-likeness (QED) is 0.259. The van der Waals surface area contributed by atoms with Crippen LogP contribution in [0.5, 0.6) is 0 Å². The van der Waals surface area contributed by atoms with Crippen LogP contribution in [0.25, 0.3) is 21.8 Å². The Morgan fingerprint density at radius 2 is 1.92 bits per heavy atom. The first-order valence-electron chi connectivity index (χ1n) is 12.8. The van der Waals surface area contributed by atoms with Gasteiger partial charge in [-0.3, -0.25) is 0 Å². The van der Waals surface area contributed by atoms with E-state index in [1.807, 2.05) is 55.5 Å². The zero-order chi connectivity index (χ0) is 26.5. The number of benzene rings is 2. The minimum atomic E-state index is -0.240. The highest BCUT2D eigenvalue weighted by molar-refractivity contribution is 7.15. The van der Waals surface area contributed by atoms with Crippen molar-refractivity contribution in [1.82, 2.24) is 19.9 Å². The molecule has 0 saturated carbocycles. The number of nitrogens with zero attached hydrogens (tertiary/aromatic N) is 4. The van der Waals surface area contributed by atoms with Crippen LogP contribution in [0, 0.1) is 0 Å². The number of likely N-dealkylation sites (tertiary alicyclic amines) is 1. The molecule has 0 unspecified atom stereocenters. The first-order chi connectivity index (χ1) is 18.5. The smallest absolute Gasteiger partial charge is 0.409 e. The van der Waals surface area contributed by atoms with E-state index in [9.17, 15) is 4.79 Å². The summed E-state index contributed by atoms with van der Waals surface area (Å²) in [5.74, 6) is 0.823. The van der Waals surface area contributed by atoms with Gasteiger partial charge in [-0.1, -0.05) is 54.1 Å². The second kappa shape index (κ2) is 11.9. The number of amides is 1. The molecule has 9 heteroatoms. The molecule has 1 saturated heterocycles. The van der Waals surface area contributed by atoms with Crippen LogP contribution in [0.3, 0.4) is 0 Å². The molecule has 1 aliphatic rings. The lowest BCUT2D eigenvalue weighted by Gasteiger charge is -2.30. The Kier molecular flexibility index (Phi) is 8.20. The maximum atomic E-state index is 12.2. The van der Waals surface area contributed by atoms with Crippen LogP contribution in [-0.2, 0) is 4.74 Å². The predicted octanol–water partition coefficient (Wildman–Crippen LogP) is 7.43. The van der Waals surface area contributed by atoms with E-state index in [-0.39, 0.29) is 18.1 Å². The lowest BCUT2D eigenvalue weighted by atomic mass is 9.98. The third-order valence-electron chi connectivity index (χ3n) is 6.65. The summed E-state index contributed by atoms with van der Waals surface area (Å²) in [5.41, 5.74) is 3.78. The Labute approximate surface area is 231 Å². The highest BCUT2D eigenvalue weighted by atomic mass is 35.5. The minimum absolute atomic E-state index is 0.0560. The molecule has 0 radical (unpaired) electrons. The van der Waals surface area contributed by atoms with Crippen molar-refractivity contribution in [3.8, 4) is 21.8 Å². The van der Waals surface area contributed by atoms with Crippen molar-refractivity contribution in [3.05, 3.63) is 82.5 Å². The van der Waals surface area contributed by atoms with E-state index >= 15 is 0 Å². The first kappa shape index (κ1) is 26.1. The Morgan fingerprint density at radius 3 is 2.66 bits per heavy atom. The van der Waals surface area contributed by atoms with E-state index in [0.29, 0.717) is 30.7 Å². The predicted molar refractivity (Wildman–Crippen MR) is 153 cm³/mol. The van der Waals surface area contributed by atoms with Gasteiger partial charge < -0.3 is 15.0 Å². The van der Waals surface area contributed by atoms with Gasteiger partial charge in [-0.15, -0.1) is 11.3 Å². The summed E-state index contributed by atoms with van der Waals surface area (Å²) >= 11 is 8.01. The van der Waals surface area contributed by atoms with Crippen molar-refractivity contribution in [2.75, 3.05) is 25.0 Å². The number of halogens is 1. The van der Waals surface area contributed by atoms with E-state index < -0.39 is 0 Å².